The van der Waals surface area contributed by atoms with Crippen molar-refractivity contribution in [1.29, 1.82) is 0 Å². The SMILES string of the molecule is C.I.N[C@H](CN1CCC1)[C@H](O)c1ccc(OC2CC2)cc1.O=C(N[C@H](CN1CCC1)[C@H](O)c1ccc(OC2CC2)cc1)[C@@H]1CCN(c2ccc3ccsc3c2)C1.O=C(O)[C@@H]1CCN(c2ccc3ccsc3c2)C1. The first-order chi connectivity index (χ1) is 34.6. The van der Waals surface area contributed by atoms with Gasteiger partial charge in [-0.15, -0.1) is 46.7 Å². The first-order valence-corrected chi connectivity index (χ1v) is 27.4. The summed E-state index contributed by atoms with van der Waals surface area (Å²) >= 11 is 3.47. The summed E-state index contributed by atoms with van der Waals surface area (Å²) in [6.45, 7) is 8.74. The second kappa shape index (κ2) is 25.3. The number of rotatable bonds is 17. The van der Waals surface area contributed by atoms with Crippen molar-refractivity contribution in [2.24, 2.45) is 17.6 Å². The van der Waals surface area contributed by atoms with Crippen LogP contribution in [0.25, 0.3) is 20.2 Å². The van der Waals surface area contributed by atoms with Crippen molar-refractivity contribution in [3.05, 3.63) is 119 Å². The van der Waals surface area contributed by atoms with Gasteiger partial charge in [-0.05, 0) is 171 Å². The van der Waals surface area contributed by atoms with Crippen LogP contribution >= 0.6 is 46.7 Å². The molecule has 1 amide bonds. The van der Waals surface area contributed by atoms with Gasteiger partial charge >= 0.3 is 5.97 Å². The molecule has 4 saturated heterocycles. The van der Waals surface area contributed by atoms with Crippen LogP contribution in [0.15, 0.2) is 108 Å². The summed E-state index contributed by atoms with van der Waals surface area (Å²) in [4.78, 5) is 33.3. The van der Waals surface area contributed by atoms with E-state index in [9.17, 15) is 19.8 Å². The minimum atomic E-state index is -0.756. The Bertz CT molecular complexity index is 2710. The molecule has 13 nitrogen and oxygen atoms in total. The van der Waals surface area contributed by atoms with Gasteiger partial charge < -0.3 is 55.4 Å². The predicted octanol–water partition coefficient (Wildman–Crippen LogP) is 9.55. The van der Waals surface area contributed by atoms with Crippen LogP contribution < -0.4 is 30.3 Å². The number of carbonyl (C=O) groups excluding carboxylic acids is 1. The van der Waals surface area contributed by atoms with Gasteiger partial charge in [-0.25, -0.2) is 0 Å². The lowest BCUT2D eigenvalue weighted by molar-refractivity contribution is -0.141. The van der Waals surface area contributed by atoms with Crippen molar-refractivity contribution < 1.29 is 34.4 Å². The molecule has 392 valence electrons. The first-order valence-electron chi connectivity index (χ1n) is 25.7. The number of carbonyl (C=O) groups is 2. The average molecular weight is 1150 g/mol. The maximum Gasteiger partial charge on any atom is 0.308 e. The molecule has 0 unspecified atom stereocenters. The van der Waals surface area contributed by atoms with Gasteiger partial charge in [0.15, 0.2) is 0 Å². The smallest absolute Gasteiger partial charge is 0.308 e. The second-order valence-corrected chi connectivity index (χ2v) is 22.1. The molecule has 6 aromatic rings. The number of hydrogen-bond acceptors (Lipinski definition) is 13. The fraction of sp³-hybridized carbons (Fsp3) is 0.474. The zero-order chi connectivity index (χ0) is 48.8. The zero-order valence-electron chi connectivity index (χ0n) is 40.8. The number of anilines is 2. The molecule has 2 aromatic heterocycles. The van der Waals surface area contributed by atoms with E-state index in [0.29, 0.717) is 31.8 Å². The maximum atomic E-state index is 13.3. The number of ether oxygens (including phenoxy) is 2. The van der Waals surface area contributed by atoms with E-state index in [-0.39, 0.29) is 61.2 Å². The van der Waals surface area contributed by atoms with E-state index in [1.165, 1.54) is 38.7 Å². The number of aliphatic hydroxyl groups is 2. The van der Waals surface area contributed by atoms with Gasteiger partial charge in [0.05, 0.1) is 36.2 Å². The molecule has 0 spiro atoms. The van der Waals surface area contributed by atoms with E-state index in [0.717, 1.165) is 113 Å². The van der Waals surface area contributed by atoms with E-state index in [1.807, 2.05) is 48.5 Å². The molecular weight excluding hydrogens is 1070 g/mol. The van der Waals surface area contributed by atoms with Crippen molar-refractivity contribution in [2.45, 2.75) is 95.3 Å². The molecule has 6 heterocycles. The Kier molecular flexibility index (Phi) is 19.0. The summed E-state index contributed by atoms with van der Waals surface area (Å²) in [7, 11) is 0. The largest absolute Gasteiger partial charge is 0.490 e. The fourth-order valence-corrected chi connectivity index (χ4v) is 11.4. The quantitative estimate of drug-likeness (QED) is 0.0551. The third kappa shape index (κ3) is 14.4. The highest BCUT2D eigenvalue weighted by molar-refractivity contribution is 14.0. The van der Waals surface area contributed by atoms with Gasteiger partial charge in [0.1, 0.15) is 17.6 Å². The summed E-state index contributed by atoms with van der Waals surface area (Å²) in [6, 6.07) is 32.0. The van der Waals surface area contributed by atoms with Gasteiger partial charge in [-0.1, -0.05) is 43.8 Å². The Morgan fingerprint density at radius 2 is 1.08 bits per heavy atom. The number of aliphatic carboxylic acids is 1. The van der Waals surface area contributed by atoms with Crippen LogP contribution in [0.3, 0.4) is 0 Å². The molecule has 16 heteroatoms. The molecule has 73 heavy (non-hydrogen) atoms. The van der Waals surface area contributed by atoms with Crippen LogP contribution in [0, 0.1) is 11.8 Å². The number of nitrogens with zero attached hydrogens (tertiary/aromatic N) is 4. The zero-order valence-corrected chi connectivity index (χ0v) is 44.8. The fourth-order valence-electron chi connectivity index (χ4n) is 9.74. The molecule has 0 bridgehead atoms. The lowest BCUT2D eigenvalue weighted by Crippen LogP contribution is -2.52. The van der Waals surface area contributed by atoms with Gasteiger partial charge in [0, 0.05) is 66.1 Å². The van der Waals surface area contributed by atoms with Crippen LogP contribution in [0.1, 0.15) is 82.1 Å². The summed E-state index contributed by atoms with van der Waals surface area (Å²) in [6.07, 6.45) is 7.95. The number of fused-ring (bicyclic) bond motifs is 2. The molecule has 6 N–H and O–H groups in total. The monoisotopic (exact) mass is 1140 g/mol. The predicted molar refractivity (Wildman–Crippen MR) is 306 cm³/mol. The van der Waals surface area contributed by atoms with Crippen LogP contribution in [-0.4, -0.2) is 127 Å². The second-order valence-electron chi connectivity index (χ2n) is 20.2. The minimum Gasteiger partial charge on any atom is -0.490 e. The van der Waals surface area contributed by atoms with E-state index in [4.69, 9.17) is 20.3 Å². The molecule has 6 atom stereocenters. The molecule has 4 aromatic carbocycles. The molecule has 6 fully saturated rings. The highest BCUT2D eigenvalue weighted by Gasteiger charge is 2.34. The summed E-state index contributed by atoms with van der Waals surface area (Å²) < 4.78 is 14.1. The Labute approximate surface area is 455 Å². The summed E-state index contributed by atoms with van der Waals surface area (Å²) in [5, 5.41) is 40.4. The first kappa shape index (κ1) is 54.7. The van der Waals surface area contributed by atoms with Crippen molar-refractivity contribution in [3.63, 3.8) is 0 Å². The van der Waals surface area contributed by atoms with Gasteiger partial charge in [0.2, 0.25) is 5.91 Å². The Hall–Kier alpha value is -4.53. The number of carboxylic acids is 1. The molecule has 2 aliphatic carbocycles. The number of likely N-dealkylation sites (tertiary alicyclic amines) is 2. The highest BCUT2D eigenvalue weighted by Crippen LogP contribution is 2.33. The number of nitrogens with two attached hydrogens (primary N) is 1. The number of amides is 1. The summed E-state index contributed by atoms with van der Waals surface area (Å²) in [5.41, 5.74) is 10.1. The van der Waals surface area contributed by atoms with Gasteiger partial charge in [0.25, 0.3) is 0 Å². The number of nitrogens with one attached hydrogen (secondary N) is 1. The Balaban J connectivity index is 0.000000158. The van der Waals surface area contributed by atoms with Crippen molar-refractivity contribution in [2.75, 3.05) is 75.2 Å². The van der Waals surface area contributed by atoms with Gasteiger partial charge in [-0.3, -0.25) is 9.59 Å². The number of thiophene rings is 2. The third-order valence-corrected chi connectivity index (χ3v) is 16.5. The van der Waals surface area contributed by atoms with E-state index < -0.39 is 18.2 Å². The number of aliphatic hydroxyl groups excluding tert-OH is 2. The number of hydrogen-bond donors (Lipinski definition) is 5. The van der Waals surface area contributed by atoms with Crippen LogP contribution in [0.4, 0.5) is 11.4 Å². The average Bonchev–Trinajstić information content (AvgIpc) is 4.00. The van der Waals surface area contributed by atoms with Crippen molar-refractivity contribution >= 4 is 90.1 Å². The highest BCUT2D eigenvalue weighted by atomic mass is 127. The van der Waals surface area contributed by atoms with Gasteiger partial charge in [-0.2, -0.15) is 0 Å². The Morgan fingerprint density at radius 1 is 0.616 bits per heavy atom. The van der Waals surface area contributed by atoms with Crippen molar-refractivity contribution in [1.82, 2.24) is 15.1 Å². The third-order valence-electron chi connectivity index (χ3n) is 14.7. The standard InChI is InChI=1S/C28H33N3O3S.C15H22N2O2.C13H13NO2S.CH4.HI/c32-27(20-3-6-23(7-4-20)34-24-8-9-24)25(18-30-12-1-13-30)29-28(33)21-10-14-31(17-21)22-5-2-19-11-15-35-26(19)16-22;16-14(10-17-8-1-9-17)15(18)11-2-4-12(5-3-11)19-13-6-7-13;15-13(16)10-3-5-14(8-10)11-2-1-9-4-6-17-12(9)7-11;;/h2-7,11,15-16,21,24-25,27,32H,1,8-10,12-14,17-18H2,(H,29,33);2-5,13-15,18H,1,6-10,16H2;1-2,4,6-7,10H,3,5,8H2,(H,15,16);1H4;1H/t21-,25-,27-;14-,15-;10-;;/m111../s1. The van der Waals surface area contributed by atoms with E-state index in [1.54, 1.807) is 22.7 Å². The molecule has 4 aliphatic heterocycles. The number of benzene rings is 4. The molecule has 12 rings (SSSR count). The molecule has 2 saturated carbocycles. The van der Waals surface area contributed by atoms with Crippen LogP contribution in [0.2, 0.25) is 0 Å². The number of halogens is 1. The van der Waals surface area contributed by atoms with Crippen molar-refractivity contribution in [3.8, 4) is 11.5 Å². The van der Waals surface area contributed by atoms with Crippen LogP contribution in [-0.2, 0) is 9.59 Å². The number of carboxylic acid groups (broad SMARTS) is 1. The maximum absolute atomic E-state index is 13.3. The lowest BCUT2D eigenvalue weighted by Gasteiger charge is -2.36. The van der Waals surface area contributed by atoms with E-state index in [2.05, 4.69) is 84.2 Å². The minimum absolute atomic E-state index is 0. The molecular formula is C57H73IN6O7S2. The topological polar surface area (TPSA) is 164 Å². The van der Waals surface area contributed by atoms with Crippen LogP contribution in [0.5, 0.6) is 11.5 Å². The van der Waals surface area contributed by atoms with E-state index >= 15 is 0 Å². The molecule has 6 aliphatic rings. The Morgan fingerprint density at radius 3 is 1.53 bits per heavy atom. The lowest BCUT2D eigenvalue weighted by atomic mass is 9.99. The molecule has 0 radical (unpaired) electrons. The normalized spacial score (nSPS) is 21.1. The summed E-state index contributed by atoms with van der Waals surface area (Å²) in [5.74, 6) is 0.810.